The highest BCUT2D eigenvalue weighted by Crippen LogP contribution is 2.18. The molecule has 4 N–H and O–H groups in total. The Labute approximate surface area is 77.1 Å². The first-order valence-electron chi connectivity index (χ1n) is 3.54. The van der Waals surface area contributed by atoms with Gasteiger partial charge in [0, 0.05) is 6.54 Å². The molecule has 0 radical (unpaired) electrons. The summed E-state index contributed by atoms with van der Waals surface area (Å²) in [5.74, 6) is -2.69. The summed E-state index contributed by atoms with van der Waals surface area (Å²) in [5.41, 5.74) is 4.93. The summed E-state index contributed by atoms with van der Waals surface area (Å²) in [6.45, 7) is -0.524. The van der Waals surface area contributed by atoms with E-state index in [1.807, 2.05) is 0 Å². The lowest BCUT2D eigenvalue weighted by molar-refractivity contribution is -0.153. The number of carbonyl (C=O) groups excluding carboxylic acids is 1. The molecular formula is C6H9F3N2O3. The second-order valence-corrected chi connectivity index (χ2v) is 2.54. The first-order valence-corrected chi connectivity index (χ1v) is 3.54. The molecule has 0 saturated carbocycles. The lowest BCUT2D eigenvalue weighted by Crippen LogP contribution is -2.43. The van der Waals surface area contributed by atoms with Gasteiger partial charge in [0.15, 0.2) is 0 Å². The van der Waals surface area contributed by atoms with E-state index in [1.54, 1.807) is 5.32 Å². The van der Waals surface area contributed by atoms with Crippen LogP contribution in [0.4, 0.5) is 13.2 Å². The number of carboxylic acid groups (broad SMARTS) is 1. The number of carbonyl (C=O) groups is 2. The third-order valence-electron chi connectivity index (χ3n) is 1.20. The Morgan fingerprint density at radius 3 is 2.29 bits per heavy atom. The van der Waals surface area contributed by atoms with Gasteiger partial charge in [0.05, 0.1) is 0 Å². The fourth-order valence-corrected chi connectivity index (χ4v) is 0.556. The van der Waals surface area contributed by atoms with Crippen molar-refractivity contribution in [1.29, 1.82) is 0 Å². The van der Waals surface area contributed by atoms with Crippen molar-refractivity contribution < 1.29 is 27.9 Å². The van der Waals surface area contributed by atoms with Crippen molar-refractivity contribution in [2.75, 3.05) is 6.54 Å². The van der Waals surface area contributed by atoms with Crippen LogP contribution in [0.2, 0.25) is 0 Å². The number of halogens is 3. The third kappa shape index (κ3) is 6.23. The highest BCUT2D eigenvalue weighted by Gasteiger charge is 2.31. The molecule has 8 heteroatoms. The van der Waals surface area contributed by atoms with Crippen LogP contribution in [0.3, 0.4) is 0 Å². The van der Waals surface area contributed by atoms with Gasteiger partial charge in [0.1, 0.15) is 12.5 Å². The molecule has 1 atom stereocenters. The number of nitrogens with one attached hydrogen (secondary N) is 1. The molecule has 0 rings (SSSR count). The third-order valence-corrected chi connectivity index (χ3v) is 1.20. The van der Waals surface area contributed by atoms with Gasteiger partial charge >= 0.3 is 12.1 Å². The maximum Gasteiger partial charge on any atom is 0.397 e. The Morgan fingerprint density at radius 1 is 1.43 bits per heavy atom. The van der Waals surface area contributed by atoms with E-state index in [0.717, 1.165) is 0 Å². The minimum absolute atomic E-state index is 0.524. The Balaban J connectivity index is 3.81. The molecule has 0 aromatic heterocycles. The molecule has 0 heterocycles. The van der Waals surface area contributed by atoms with Crippen molar-refractivity contribution in [3.8, 4) is 0 Å². The number of hydrogen-bond donors (Lipinski definition) is 3. The zero-order valence-corrected chi connectivity index (χ0v) is 6.97. The van der Waals surface area contributed by atoms with Gasteiger partial charge in [-0.25, -0.2) is 0 Å². The van der Waals surface area contributed by atoms with E-state index < -0.39 is 37.1 Å². The molecule has 0 fully saturated rings. The molecule has 0 aliphatic rings. The summed E-state index contributed by atoms with van der Waals surface area (Å²) in [7, 11) is 0. The monoisotopic (exact) mass is 214 g/mol. The van der Waals surface area contributed by atoms with Crippen molar-refractivity contribution in [2.45, 2.75) is 18.6 Å². The van der Waals surface area contributed by atoms with Crippen LogP contribution in [0, 0.1) is 0 Å². The Bertz CT molecular complexity index is 229. The summed E-state index contributed by atoms with van der Waals surface area (Å²) >= 11 is 0. The summed E-state index contributed by atoms with van der Waals surface area (Å²) in [6, 6.07) is -1.40. The van der Waals surface area contributed by atoms with Crippen molar-refractivity contribution in [1.82, 2.24) is 5.32 Å². The van der Waals surface area contributed by atoms with Gasteiger partial charge in [0.2, 0.25) is 5.91 Å². The average molecular weight is 214 g/mol. The van der Waals surface area contributed by atoms with Gasteiger partial charge in [-0.15, -0.1) is 0 Å². The smallest absolute Gasteiger partial charge is 0.397 e. The molecule has 0 spiro atoms. The largest absolute Gasteiger partial charge is 0.480 e. The lowest BCUT2D eigenvalue weighted by atomic mass is 10.3. The standard InChI is InChI=1S/C6H9F3N2O3/c7-6(8,9)1-4(12)11-2-3(10)5(13)14/h3H,1-2,10H2,(H,11,12)(H,13,14)/t3-/m0/s1. The van der Waals surface area contributed by atoms with E-state index in [4.69, 9.17) is 10.8 Å². The first-order chi connectivity index (χ1) is 6.22. The zero-order chi connectivity index (χ0) is 11.4. The van der Waals surface area contributed by atoms with E-state index in [2.05, 4.69) is 0 Å². The van der Waals surface area contributed by atoms with Gasteiger partial charge in [-0.05, 0) is 0 Å². The second-order valence-electron chi connectivity index (χ2n) is 2.54. The van der Waals surface area contributed by atoms with Crippen LogP contribution >= 0.6 is 0 Å². The lowest BCUT2D eigenvalue weighted by Gasteiger charge is -2.09. The number of amides is 1. The topological polar surface area (TPSA) is 92.4 Å². The molecule has 14 heavy (non-hydrogen) atoms. The number of rotatable bonds is 4. The molecule has 0 unspecified atom stereocenters. The summed E-state index contributed by atoms with van der Waals surface area (Å²) in [4.78, 5) is 20.6. The van der Waals surface area contributed by atoms with E-state index in [1.165, 1.54) is 0 Å². The van der Waals surface area contributed by atoms with E-state index in [-0.39, 0.29) is 0 Å². The predicted molar refractivity (Wildman–Crippen MR) is 39.3 cm³/mol. The minimum Gasteiger partial charge on any atom is -0.480 e. The van der Waals surface area contributed by atoms with Crippen LogP contribution < -0.4 is 11.1 Å². The Kier molecular flexibility index (Phi) is 4.35. The van der Waals surface area contributed by atoms with Crippen LogP contribution in [0.25, 0.3) is 0 Å². The number of hydrogen-bond acceptors (Lipinski definition) is 3. The normalized spacial score (nSPS) is 13.4. The molecular weight excluding hydrogens is 205 g/mol. The molecule has 0 aliphatic carbocycles. The van der Waals surface area contributed by atoms with Crippen LogP contribution in [0.15, 0.2) is 0 Å². The second kappa shape index (κ2) is 4.80. The van der Waals surface area contributed by atoms with Gasteiger partial charge in [-0.2, -0.15) is 13.2 Å². The van der Waals surface area contributed by atoms with Crippen molar-refractivity contribution in [2.24, 2.45) is 5.73 Å². The van der Waals surface area contributed by atoms with Crippen LogP contribution in [0.5, 0.6) is 0 Å². The number of carboxylic acids is 1. The summed E-state index contributed by atoms with van der Waals surface area (Å²) in [5, 5.41) is 9.98. The SMILES string of the molecule is N[C@@H](CNC(=O)CC(F)(F)F)C(=O)O. The highest BCUT2D eigenvalue weighted by atomic mass is 19.4. The van der Waals surface area contributed by atoms with Crippen molar-refractivity contribution in [3.63, 3.8) is 0 Å². The van der Waals surface area contributed by atoms with Crippen LogP contribution in [-0.2, 0) is 9.59 Å². The van der Waals surface area contributed by atoms with Gasteiger partial charge in [-0.3, -0.25) is 9.59 Å². The van der Waals surface area contributed by atoms with Gasteiger partial charge < -0.3 is 16.2 Å². The summed E-state index contributed by atoms with van der Waals surface area (Å²) < 4.78 is 34.7. The fourth-order valence-electron chi connectivity index (χ4n) is 0.556. The maximum absolute atomic E-state index is 11.6. The molecule has 0 bridgehead atoms. The molecule has 0 saturated heterocycles. The van der Waals surface area contributed by atoms with Crippen molar-refractivity contribution in [3.05, 3.63) is 0 Å². The molecule has 82 valence electrons. The minimum atomic E-state index is -4.60. The molecule has 0 aromatic rings. The Hall–Kier alpha value is -1.31. The van der Waals surface area contributed by atoms with Gasteiger partial charge in [-0.1, -0.05) is 0 Å². The first kappa shape index (κ1) is 12.7. The Morgan fingerprint density at radius 2 is 1.93 bits per heavy atom. The van der Waals surface area contributed by atoms with E-state index in [9.17, 15) is 22.8 Å². The van der Waals surface area contributed by atoms with Crippen LogP contribution in [-0.4, -0.2) is 35.7 Å². The number of aliphatic carboxylic acids is 1. The van der Waals surface area contributed by atoms with Gasteiger partial charge in [0.25, 0.3) is 0 Å². The number of nitrogens with two attached hydrogens (primary N) is 1. The van der Waals surface area contributed by atoms with Crippen LogP contribution in [0.1, 0.15) is 6.42 Å². The predicted octanol–water partition coefficient (Wildman–Crippen LogP) is -0.533. The molecule has 0 aromatic carbocycles. The highest BCUT2D eigenvalue weighted by molar-refractivity contribution is 5.78. The fraction of sp³-hybridized carbons (Fsp3) is 0.667. The quantitative estimate of drug-likeness (QED) is 0.586. The molecule has 1 amide bonds. The van der Waals surface area contributed by atoms with E-state index >= 15 is 0 Å². The van der Waals surface area contributed by atoms with E-state index in [0.29, 0.717) is 0 Å². The molecule has 5 nitrogen and oxygen atoms in total. The van der Waals surface area contributed by atoms with Crippen molar-refractivity contribution >= 4 is 11.9 Å². The zero-order valence-electron chi connectivity index (χ0n) is 6.97. The number of alkyl halides is 3. The summed E-state index contributed by atoms with van der Waals surface area (Å²) in [6.07, 6.45) is -6.24. The maximum atomic E-state index is 11.6. The average Bonchev–Trinajstić information content (AvgIpc) is 1.96. The molecule has 0 aliphatic heterocycles.